The number of hydrogen-bond donors (Lipinski definition) is 0. The maximum Gasteiger partial charge on any atom is 0.286 e. The van der Waals surface area contributed by atoms with Gasteiger partial charge in [0.15, 0.2) is 5.13 Å². The molecule has 7 nitrogen and oxygen atoms in total. The first-order valence-electron chi connectivity index (χ1n) is 20.3. The Labute approximate surface area is 320 Å². The summed E-state index contributed by atoms with van der Waals surface area (Å²) >= 11 is 1.65. The molecule has 1 aromatic heterocycles. The van der Waals surface area contributed by atoms with Crippen LogP contribution in [0.4, 0.5) is 5.13 Å². The molecule has 0 bridgehead atoms. The van der Waals surface area contributed by atoms with Crippen molar-refractivity contribution in [3.05, 3.63) is 50.4 Å². The number of benzene rings is 1. The molecule has 2 heterocycles. The zero-order valence-electron chi connectivity index (χ0n) is 34.2. The number of carbonyl (C=O) groups is 2. The molecule has 0 saturated heterocycles. The summed E-state index contributed by atoms with van der Waals surface area (Å²) in [5, 5.41) is 14.4. The fourth-order valence-electron chi connectivity index (χ4n) is 7.43. The summed E-state index contributed by atoms with van der Waals surface area (Å²) in [6.45, 7) is 24.6. The predicted molar refractivity (Wildman–Crippen MR) is 220 cm³/mol. The quantitative estimate of drug-likeness (QED) is 0.0886. The highest BCUT2D eigenvalue weighted by atomic mass is 32.1. The van der Waals surface area contributed by atoms with Crippen LogP contribution in [0.2, 0.25) is 0 Å². The molecular weight excluding hydrogens is 663 g/mol. The van der Waals surface area contributed by atoms with E-state index in [0.717, 1.165) is 84.0 Å². The van der Waals surface area contributed by atoms with Crippen LogP contribution < -0.4 is 4.90 Å². The van der Waals surface area contributed by atoms with Crippen LogP contribution in [0.25, 0.3) is 17.3 Å². The number of aryl methyl sites for hydroxylation is 3. The molecule has 0 radical (unpaired) electrons. The zero-order chi connectivity index (χ0) is 38.4. The first-order chi connectivity index (χ1) is 25.0. The lowest BCUT2D eigenvalue weighted by molar-refractivity contribution is -0.159. The number of hydrogen-bond acceptors (Lipinski definition) is 7. The van der Waals surface area contributed by atoms with Crippen LogP contribution in [0.3, 0.4) is 0 Å². The van der Waals surface area contributed by atoms with Gasteiger partial charge in [0, 0.05) is 37.3 Å². The first-order valence-corrected chi connectivity index (χ1v) is 21.1. The number of imide groups is 1. The maximum atomic E-state index is 14.5. The predicted octanol–water partition coefficient (Wildman–Crippen LogP) is 11.4. The van der Waals surface area contributed by atoms with E-state index in [1.54, 1.807) is 18.3 Å². The van der Waals surface area contributed by atoms with Crippen molar-refractivity contribution < 1.29 is 9.59 Å². The highest BCUT2D eigenvalue weighted by Gasteiger charge is 2.39. The number of thiazole rings is 1. The van der Waals surface area contributed by atoms with Gasteiger partial charge in [0.25, 0.3) is 11.8 Å². The summed E-state index contributed by atoms with van der Waals surface area (Å²) in [5.74, 6) is 0.257. The van der Waals surface area contributed by atoms with Crippen LogP contribution in [0.15, 0.2) is 28.9 Å². The van der Waals surface area contributed by atoms with Gasteiger partial charge in [-0.15, -0.1) is 0 Å². The number of anilines is 1. The minimum Gasteiger partial charge on any atom is -0.348 e. The van der Waals surface area contributed by atoms with Crippen LogP contribution in [-0.4, -0.2) is 53.0 Å². The Morgan fingerprint density at radius 1 is 0.808 bits per heavy atom. The van der Waals surface area contributed by atoms with E-state index in [-0.39, 0.29) is 11.5 Å². The van der Waals surface area contributed by atoms with Crippen molar-refractivity contribution >= 4 is 34.4 Å². The number of amides is 2. The molecule has 1 aliphatic heterocycles. The number of aromatic nitrogens is 1. The second kappa shape index (κ2) is 21.4. The summed E-state index contributed by atoms with van der Waals surface area (Å²) in [6, 6.07) is 6.58. The second-order valence-corrected chi connectivity index (χ2v) is 16.0. The van der Waals surface area contributed by atoms with Crippen LogP contribution >= 0.6 is 11.3 Å². The molecule has 2 aromatic rings. The molecule has 2 unspecified atom stereocenters. The summed E-state index contributed by atoms with van der Waals surface area (Å²) in [6.07, 6.45) is 15.0. The lowest BCUT2D eigenvalue weighted by Gasteiger charge is -2.36. The minimum atomic E-state index is -0.522. The first kappa shape index (κ1) is 43.1. The van der Waals surface area contributed by atoms with Gasteiger partial charge in [0.05, 0.1) is 10.6 Å². The highest BCUT2D eigenvalue weighted by molar-refractivity contribution is 7.17. The van der Waals surface area contributed by atoms with Crippen LogP contribution in [-0.2, 0) is 9.59 Å². The Hall–Kier alpha value is -3.28. The Morgan fingerprint density at radius 3 is 1.79 bits per heavy atom. The average molecular weight is 730 g/mol. The summed E-state index contributed by atoms with van der Waals surface area (Å²) < 4.78 is 0. The van der Waals surface area contributed by atoms with E-state index in [9.17, 15) is 14.9 Å². The minimum absolute atomic E-state index is 0.0304. The van der Waals surface area contributed by atoms with Gasteiger partial charge in [-0.3, -0.25) is 9.59 Å². The molecule has 1 aliphatic rings. The van der Waals surface area contributed by atoms with Crippen LogP contribution in [0, 0.1) is 43.9 Å². The number of carbonyl (C=O) groups excluding carboxylic acids is 2. The average Bonchev–Trinajstić information content (AvgIpc) is 3.52. The standard InChI is InChI=1S/C44H67N5O2S/c1-11-17-21-35(15-5)29-47(30-36(16-6)22-18-12-2)44-46-41(40-32(8)25-31(7)26-33(40)9)39(52-44)27-37-34(10)38(28-45)43(51)49(42(37)50)48(23-19-13-3)24-20-14-4/h25-27,35-36H,11-24,29-30H2,1-10H3/b37-27-. The van der Waals surface area contributed by atoms with Crippen molar-refractivity contribution in [3.8, 4) is 17.3 Å². The van der Waals surface area contributed by atoms with E-state index in [2.05, 4.69) is 85.4 Å². The molecule has 0 fully saturated rings. The third-order valence-electron chi connectivity index (χ3n) is 10.7. The Balaban J connectivity index is 2.31. The molecule has 52 heavy (non-hydrogen) atoms. The third kappa shape index (κ3) is 10.9. The largest absolute Gasteiger partial charge is 0.348 e. The topological polar surface area (TPSA) is 80.5 Å². The van der Waals surface area contributed by atoms with E-state index in [1.807, 2.05) is 11.1 Å². The van der Waals surface area contributed by atoms with Crippen LogP contribution in [0.1, 0.15) is 147 Å². The van der Waals surface area contributed by atoms with Gasteiger partial charge in [-0.25, -0.2) is 15.0 Å². The van der Waals surface area contributed by atoms with Gasteiger partial charge >= 0.3 is 0 Å². The molecule has 8 heteroatoms. The van der Waals surface area contributed by atoms with Crippen molar-refractivity contribution in [3.63, 3.8) is 0 Å². The number of nitriles is 1. The van der Waals surface area contributed by atoms with Gasteiger partial charge in [0.2, 0.25) is 0 Å². The summed E-state index contributed by atoms with van der Waals surface area (Å²) in [7, 11) is 0. The molecule has 0 N–H and O–H groups in total. The summed E-state index contributed by atoms with van der Waals surface area (Å²) in [4.78, 5) is 37.3. The van der Waals surface area contributed by atoms with Crippen molar-refractivity contribution in [2.45, 2.75) is 146 Å². The smallest absolute Gasteiger partial charge is 0.286 e. The second-order valence-electron chi connectivity index (χ2n) is 15.0. The lowest BCUT2D eigenvalue weighted by Crippen LogP contribution is -2.54. The van der Waals surface area contributed by atoms with Gasteiger partial charge in [-0.1, -0.05) is 122 Å². The molecule has 0 spiro atoms. The van der Waals surface area contributed by atoms with Gasteiger partial charge in [-0.2, -0.15) is 5.26 Å². The van der Waals surface area contributed by atoms with Crippen molar-refractivity contribution in [2.75, 3.05) is 31.1 Å². The van der Waals surface area contributed by atoms with E-state index in [1.165, 1.54) is 49.1 Å². The van der Waals surface area contributed by atoms with E-state index in [0.29, 0.717) is 36.1 Å². The number of rotatable bonds is 22. The summed E-state index contributed by atoms with van der Waals surface area (Å²) in [5.41, 5.74) is 6.30. The van der Waals surface area contributed by atoms with E-state index in [4.69, 9.17) is 4.98 Å². The molecule has 0 aliphatic carbocycles. The maximum absolute atomic E-state index is 14.5. The monoisotopic (exact) mass is 730 g/mol. The molecule has 0 saturated carbocycles. The molecule has 2 amide bonds. The highest BCUT2D eigenvalue weighted by Crippen LogP contribution is 2.41. The van der Waals surface area contributed by atoms with E-state index < -0.39 is 5.91 Å². The molecule has 2 atom stereocenters. The Kier molecular flexibility index (Phi) is 17.8. The van der Waals surface area contributed by atoms with Gasteiger partial charge < -0.3 is 4.90 Å². The fraction of sp³-hybridized carbons (Fsp3) is 0.636. The van der Waals surface area contributed by atoms with Crippen molar-refractivity contribution in [1.82, 2.24) is 15.0 Å². The van der Waals surface area contributed by atoms with Crippen molar-refractivity contribution in [2.24, 2.45) is 11.8 Å². The van der Waals surface area contributed by atoms with E-state index >= 15 is 0 Å². The number of hydrazine groups is 1. The molecule has 1 aromatic carbocycles. The zero-order valence-corrected chi connectivity index (χ0v) is 35.0. The van der Waals surface area contributed by atoms with Crippen LogP contribution in [0.5, 0.6) is 0 Å². The number of unbranched alkanes of at least 4 members (excludes halogenated alkanes) is 4. The van der Waals surface area contributed by atoms with Gasteiger partial charge in [0.1, 0.15) is 11.6 Å². The molecule has 3 rings (SSSR count). The SMILES string of the molecule is CCCCC(CC)CN(CC(CC)CCCC)c1nc(-c2c(C)cc(C)cc2C)c(/C=C2\C(=O)N(N(CCCC)CCCC)C(=O)C(C#N)=C2C)s1. The Bertz CT molecular complexity index is 1550. The lowest BCUT2D eigenvalue weighted by atomic mass is 9.93. The van der Waals surface area contributed by atoms with Gasteiger partial charge in [-0.05, 0) is 88.0 Å². The molecule has 286 valence electrons. The fourth-order valence-corrected chi connectivity index (χ4v) is 8.46. The molecular formula is C44H67N5O2S. The Morgan fingerprint density at radius 2 is 1.33 bits per heavy atom. The number of nitrogens with zero attached hydrogens (tertiary/aromatic N) is 5. The normalized spacial score (nSPS) is 15.6. The van der Waals surface area contributed by atoms with Crippen molar-refractivity contribution in [1.29, 1.82) is 5.26 Å². The third-order valence-corrected chi connectivity index (χ3v) is 11.8.